The van der Waals surface area contributed by atoms with Crippen molar-refractivity contribution in [2.75, 3.05) is 0 Å². The summed E-state index contributed by atoms with van der Waals surface area (Å²) in [6, 6.07) is 132. The average Bonchev–Trinajstić information content (AvgIpc) is 1.56. The van der Waals surface area contributed by atoms with Crippen LogP contribution < -0.4 is 0 Å². The van der Waals surface area contributed by atoms with Crippen LogP contribution in [0.3, 0.4) is 0 Å². The third kappa shape index (κ3) is 10.7. The van der Waals surface area contributed by atoms with Gasteiger partial charge in [-0.25, -0.2) is 9.97 Å². The zero-order chi connectivity index (χ0) is 70.0. The number of hydrogen-bond donors (Lipinski definition) is 0. The molecule has 0 bridgehead atoms. The number of fused-ring (bicyclic) bond motifs is 12. The second-order valence-corrected chi connectivity index (χ2v) is 26.6. The van der Waals surface area contributed by atoms with Crippen LogP contribution in [0.25, 0.3) is 189 Å². The molecule has 10 heteroatoms. The second-order valence-electron chi connectivity index (χ2n) is 26.6. The third-order valence-electron chi connectivity index (χ3n) is 20.3. The van der Waals surface area contributed by atoms with Gasteiger partial charge in [-0.05, 0) is 118 Å². The van der Waals surface area contributed by atoms with E-state index in [1.165, 1.54) is 32.8 Å². The van der Waals surface area contributed by atoms with Crippen molar-refractivity contribution in [3.63, 3.8) is 0 Å². The van der Waals surface area contributed by atoms with E-state index in [2.05, 4.69) is 346 Å². The first kappa shape index (κ1) is 61.4. The molecule has 15 aromatic carbocycles. The molecule has 0 radical (unpaired) electrons. The van der Waals surface area contributed by atoms with Crippen LogP contribution in [0.5, 0.6) is 0 Å². The molecule has 0 aliphatic carbocycles. The van der Waals surface area contributed by atoms with Crippen molar-refractivity contribution < 1.29 is 0 Å². The summed E-state index contributed by atoms with van der Waals surface area (Å²) in [4.78, 5) is 31.1. The van der Waals surface area contributed by atoms with Gasteiger partial charge in [-0.3, -0.25) is 9.13 Å². The summed E-state index contributed by atoms with van der Waals surface area (Å²) in [5, 5.41) is 9.27. The van der Waals surface area contributed by atoms with Crippen LogP contribution in [0.15, 0.2) is 376 Å². The third-order valence-corrected chi connectivity index (χ3v) is 20.3. The molecule has 0 aliphatic heterocycles. The summed E-state index contributed by atoms with van der Waals surface area (Å²) in [5.74, 6) is 3.65. The van der Waals surface area contributed by atoms with Gasteiger partial charge in [0, 0.05) is 76.7 Å². The van der Waals surface area contributed by atoms with Gasteiger partial charge < -0.3 is 9.13 Å². The van der Waals surface area contributed by atoms with Crippen LogP contribution in [0.1, 0.15) is 0 Å². The zero-order valence-electron chi connectivity index (χ0n) is 57.3. The Labute approximate surface area is 610 Å². The Kier molecular flexibility index (Phi) is 15.0. The van der Waals surface area contributed by atoms with E-state index in [1.807, 2.05) is 48.5 Å². The van der Waals surface area contributed by atoms with E-state index in [9.17, 15) is 0 Å². The molecule has 6 heterocycles. The highest BCUT2D eigenvalue weighted by molar-refractivity contribution is 6.20. The Morgan fingerprint density at radius 2 is 0.387 bits per heavy atom. The Morgan fingerprint density at radius 1 is 0.142 bits per heavy atom. The number of aromatic nitrogens is 10. The Morgan fingerprint density at radius 3 is 0.745 bits per heavy atom. The summed E-state index contributed by atoms with van der Waals surface area (Å²) in [5.41, 5.74) is 21.7. The number of nitrogens with zero attached hydrogens (tertiary/aromatic N) is 10. The van der Waals surface area contributed by atoms with Crippen LogP contribution in [0.4, 0.5) is 0 Å². The molecular formula is C96H62N10. The minimum absolute atomic E-state index is 0.574. The fourth-order valence-electron chi connectivity index (χ4n) is 15.4. The topological polar surface area (TPSA) is 97.1 Å². The number of para-hydroxylation sites is 5. The van der Waals surface area contributed by atoms with Gasteiger partial charge in [0.2, 0.25) is 11.9 Å². The first-order chi connectivity index (χ1) is 52.6. The van der Waals surface area contributed by atoms with Gasteiger partial charge in [0.05, 0.1) is 44.1 Å². The molecule has 496 valence electrons. The standard InChI is InChI=1S/C51H33N5.C45H29N5/c1-4-15-34(16-5-1)36-27-29-40(30-28-36)55-45-25-12-10-23-41(45)43-33-48-44(32-47(43)55)42-24-11-13-26-46(42)56(48)51-53-49(37-19-8-3-9-20-37)52-50(54-51)39-22-14-21-38(31-39)35-17-6-2-7-18-35;1-4-15-30(16-5-1)32-19-14-20-33(27-32)44-46-43(31-17-6-2-7-18-31)47-45(48-44)50-40-26-13-11-24-36(40)38-28-41-37(29-42(38)50)35-23-10-12-25-39(35)49(41)34-21-8-3-9-22-34/h1-33H;1-29H. The fraction of sp³-hybridized carbons (Fsp3) is 0. The average molecular weight is 1360 g/mol. The van der Waals surface area contributed by atoms with Gasteiger partial charge in [-0.1, -0.05) is 291 Å². The van der Waals surface area contributed by atoms with Crippen molar-refractivity contribution in [2.24, 2.45) is 0 Å². The van der Waals surface area contributed by atoms with Crippen LogP contribution in [0.2, 0.25) is 0 Å². The Balaban J connectivity index is 0.000000141. The molecule has 6 aromatic heterocycles. The predicted molar refractivity (Wildman–Crippen MR) is 435 cm³/mol. The van der Waals surface area contributed by atoms with Crippen LogP contribution >= 0.6 is 0 Å². The van der Waals surface area contributed by atoms with E-state index in [-0.39, 0.29) is 0 Å². The molecular weight excluding hydrogens is 1290 g/mol. The maximum absolute atomic E-state index is 5.27. The molecule has 10 nitrogen and oxygen atoms in total. The van der Waals surface area contributed by atoms with Crippen LogP contribution in [0, 0.1) is 0 Å². The largest absolute Gasteiger partial charge is 0.309 e. The molecule has 0 aliphatic rings. The molecule has 0 amide bonds. The number of rotatable bonds is 11. The molecule has 0 spiro atoms. The number of hydrogen-bond acceptors (Lipinski definition) is 6. The van der Waals surface area contributed by atoms with Gasteiger partial charge in [0.1, 0.15) is 0 Å². The summed E-state index contributed by atoms with van der Waals surface area (Å²) in [7, 11) is 0. The van der Waals surface area contributed by atoms with Gasteiger partial charge >= 0.3 is 0 Å². The van der Waals surface area contributed by atoms with Gasteiger partial charge in [-0.15, -0.1) is 0 Å². The Hall–Kier alpha value is -14.5. The molecule has 0 atom stereocenters. The van der Waals surface area contributed by atoms with Crippen molar-refractivity contribution in [3.8, 4) is 102 Å². The van der Waals surface area contributed by atoms with Crippen molar-refractivity contribution in [1.82, 2.24) is 48.2 Å². The first-order valence-corrected chi connectivity index (χ1v) is 35.7. The van der Waals surface area contributed by atoms with E-state index in [4.69, 9.17) is 29.9 Å². The maximum atomic E-state index is 5.27. The fourth-order valence-corrected chi connectivity index (χ4v) is 15.4. The van der Waals surface area contributed by atoms with Gasteiger partial charge in [0.15, 0.2) is 23.3 Å². The van der Waals surface area contributed by atoms with E-state index < -0.39 is 0 Å². The van der Waals surface area contributed by atoms with E-state index in [0.717, 1.165) is 121 Å². The highest BCUT2D eigenvalue weighted by Gasteiger charge is 2.25. The smallest absolute Gasteiger partial charge is 0.238 e. The van der Waals surface area contributed by atoms with E-state index >= 15 is 0 Å². The summed E-state index contributed by atoms with van der Waals surface area (Å²) in [6.07, 6.45) is 0. The van der Waals surface area contributed by atoms with E-state index in [0.29, 0.717) is 35.2 Å². The van der Waals surface area contributed by atoms with Gasteiger partial charge in [-0.2, -0.15) is 19.9 Å². The summed E-state index contributed by atoms with van der Waals surface area (Å²) >= 11 is 0. The van der Waals surface area contributed by atoms with Crippen LogP contribution in [-0.4, -0.2) is 48.2 Å². The molecule has 0 saturated heterocycles. The summed E-state index contributed by atoms with van der Waals surface area (Å²) < 4.78 is 9.17. The maximum Gasteiger partial charge on any atom is 0.238 e. The van der Waals surface area contributed by atoms with Crippen molar-refractivity contribution in [1.29, 1.82) is 0 Å². The second kappa shape index (κ2) is 25.8. The molecule has 0 unspecified atom stereocenters. The SMILES string of the molecule is c1ccc(-c2ccc(-n3c4ccccc4c4cc5c(cc43)c3ccccc3n5-c3nc(-c4ccccc4)nc(-c4cccc(-c5ccccc5)c4)n3)cc2)cc1.c1ccc(-c2cccc(-c3nc(-c4ccccc4)nc(-n4c5ccccc5c5cc6c(cc54)c4ccccc4n6-c4ccccc4)n3)c2)cc1. The quantitative estimate of drug-likeness (QED) is 0.128. The molecule has 0 N–H and O–H groups in total. The minimum Gasteiger partial charge on any atom is -0.309 e. The monoisotopic (exact) mass is 1350 g/mol. The summed E-state index contributed by atoms with van der Waals surface area (Å²) in [6.45, 7) is 0. The van der Waals surface area contributed by atoms with E-state index in [1.54, 1.807) is 0 Å². The highest BCUT2D eigenvalue weighted by Crippen LogP contribution is 2.43. The Bertz CT molecular complexity index is 6910. The van der Waals surface area contributed by atoms with Crippen molar-refractivity contribution >= 4 is 87.2 Å². The zero-order valence-corrected chi connectivity index (χ0v) is 57.3. The normalized spacial score (nSPS) is 11.6. The minimum atomic E-state index is 0.574. The molecule has 21 rings (SSSR count). The molecule has 0 fully saturated rings. The number of benzene rings is 15. The lowest BCUT2D eigenvalue weighted by atomic mass is 10.0. The predicted octanol–water partition coefficient (Wildman–Crippen LogP) is 23.8. The lowest BCUT2D eigenvalue weighted by Gasteiger charge is -2.12. The van der Waals surface area contributed by atoms with Crippen molar-refractivity contribution in [2.45, 2.75) is 0 Å². The van der Waals surface area contributed by atoms with Crippen LogP contribution in [-0.2, 0) is 0 Å². The lowest BCUT2D eigenvalue weighted by Crippen LogP contribution is -2.06. The first-order valence-electron chi connectivity index (χ1n) is 35.7. The molecule has 21 aromatic rings. The van der Waals surface area contributed by atoms with Crippen molar-refractivity contribution in [3.05, 3.63) is 376 Å². The molecule has 106 heavy (non-hydrogen) atoms. The lowest BCUT2D eigenvalue weighted by molar-refractivity contribution is 0.953. The molecule has 0 saturated carbocycles. The highest BCUT2D eigenvalue weighted by atomic mass is 15.2. The van der Waals surface area contributed by atoms with Gasteiger partial charge in [0.25, 0.3) is 0 Å².